The minimum Gasteiger partial charge on any atom is -0.341 e. The molecule has 0 radical (unpaired) electrons. The predicted octanol–water partition coefficient (Wildman–Crippen LogP) is 2.74. The van der Waals surface area contributed by atoms with E-state index in [0.29, 0.717) is 12.0 Å². The molecule has 1 aromatic heterocycles. The molecule has 1 amide bonds. The van der Waals surface area contributed by atoms with E-state index in [1.165, 1.54) is 4.57 Å². The number of nitrogens with one attached hydrogen (secondary N) is 1. The van der Waals surface area contributed by atoms with E-state index < -0.39 is 6.04 Å². The first-order valence-corrected chi connectivity index (χ1v) is 7.95. The van der Waals surface area contributed by atoms with Gasteiger partial charge in [-0.2, -0.15) is 5.26 Å². The maximum Gasteiger partial charge on any atom is 0.259 e. The van der Waals surface area contributed by atoms with Crippen LogP contribution in [0.4, 0.5) is 0 Å². The smallest absolute Gasteiger partial charge is 0.259 e. The molecule has 5 nitrogen and oxygen atoms in total. The van der Waals surface area contributed by atoms with Gasteiger partial charge in [0.2, 0.25) is 5.91 Å². The van der Waals surface area contributed by atoms with Crippen molar-refractivity contribution < 1.29 is 4.79 Å². The SMILES string of the molecule is CC(C)CC(C(=O)NCC#N)n1cccc(-c2ccccc2)c1=O. The van der Waals surface area contributed by atoms with Crippen molar-refractivity contribution in [2.45, 2.75) is 26.3 Å². The van der Waals surface area contributed by atoms with E-state index in [9.17, 15) is 9.59 Å². The van der Waals surface area contributed by atoms with Gasteiger partial charge in [-0.15, -0.1) is 0 Å². The Morgan fingerprint density at radius 1 is 1.21 bits per heavy atom. The first-order valence-electron chi connectivity index (χ1n) is 7.95. The third kappa shape index (κ3) is 4.11. The summed E-state index contributed by atoms with van der Waals surface area (Å²) in [7, 11) is 0. The van der Waals surface area contributed by atoms with Crippen molar-refractivity contribution in [1.82, 2.24) is 9.88 Å². The Morgan fingerprint density at radius 2 is 1.92 bits per heavy atom. The van der Waals surface area contributed by atoms with Crippen molar-refractivity contribution in [3.63, 3.8) is 0 Å². The quantitative estimate of drug-likeness (QED) is 0.831. The lowest BCUT2D eigenvalue weighted by atomic mass is 10.0. The van der Waals surface area contributed by atoms with Gasteiger partial charge < -0.3 is 9.88 Å². The summed E-state index contributed by atoms with van der Waals surface area (Å²) in [6.07, 6.45) is 2.16. The van der Waals surface area contributed by atoms with E-state index in [1.54, 1.807) is 18.3 Å². The number of amides is 1. The van der Waals surface area contributed by atoms with Gasteiger partial charge in [0.05, 0.1) is 6.07 Å². The summed E-state index contributed by atoms with van der Waals surface area (Å²) in [6, 6.07) is 14.2. The molecule has 1 unspecified atom stereocenters. The molecule has 0 saturated carbocycles. The third-order valence-electron chi connectivity index (χ3n) is 3.73. The number of hydrogen-bond donors (Lipinski definition) is 1. The van der Waals surface area contributed by atoms with Crippen LogP contribution >= 0.6 is 0 Å². The highest BCUT2D eigenvalue weighted by Gasteiger charge is 2.23. The van der Waals surface area contributed by atoms with Crippen molar-refractivity contribution in [1.29, 1.82) is 5.26 Å². The highest BCUT2D eigenvalue weighted by molar-refractivity contribution is 5.80. The molecule has 0 aliphatic carbocycles. The predicted molar refractivity (Wildman–Crippen MR) is 93.3 cm³/mol. The number of aromatic nitrogens is 1. The van der Waals surface area contributed by atoms with Crippen LogP contribution in [0.1, 0.15) is 26.3 Å². The van der Waals surface area contributed by atoms with Crippen molar-refractivity contribution in [2.24, 2.45) is 5.92 Å². The molecule has 5 heteroatoms. The number of carbonyl (C=O) groups is 1. The standard InChI is InChI=1S/C19H21N3O2/c1-14(2)13-17(18(23)21-11-10-20)22-12-6-9-16(19(22)24)15-7-4-3-5-8-15/h3-9,12,14,17H,11,13H2,1-2H3,(H,21,23). The molecule has 0 saturated heterocycles. The number of rotatable bonds is 6. The van der Waals surface area contributed by atoms with Gasteiger partial charge in [-0.1, -0.05) is 44.2 Å². The van der Waals surface area contributed by atoms with Crippen LogP contribution in [0, 0.1) is 17.2 Å². The lowest BCUT2D eigenvalue weighted by Crippen LogP contribution is -2.38. The molecule has 1 atom stereocenters. The molecule has 0 fully saturated rings. The Kier molecular flexibility index (Phi) is 5.91. The van der Waals surface area contributed by atoms with Gasteiger partial charge in [0.25, 0.3) is 5.56 Å². The van der Waals surface area contributed by atoms with Crippen molar-refractivity contribution in [3.8, 4) is 17.2 Å². The highest BCUT2D eigenvalue weighted by Crippen LogP contribution is 2.19. The van der Waals surface area contributed by atoms with Gasteiger partial charge in [0.1, 0.15) is 12.6 Å². The van der Waals surface area contributed by atoms with Crippen molar-refractivity contribution in [3.05, 3.63) is 59.0 Å². The van der Waals surface area contributed by atoms with Crippen LogP contribution in [0.5, 0.6) is 0 Å². The maximum absolute atomic E-state index is 12.9. The van der Waals surface area contributed by atoms with Crippen molar-refractivity contribution >= 4 is 5.91 Å². The van der Waals surface area contributed by atoms with E-state index in [-0.39, 0.29) is 23.9 Å². The molecule has 0 aliphatic rings. The summed E-state index contributed by atoms with van der Waals surface area (Å²) in [5.41, 5.74) is 1.17. The molecule has 2 aromatic rings. The molecular weight excluding hydrogens is 302 g/mol. The molecule has 1 N–H and O–H groups in total. The average molecular weight is 323 g/mol. The second kappa shape index (κ2) is 8.11. The molecule has 1 heterocycles. The number of nitriles is 1. The zero-order valence-electron chi connectivity index (χ0n) is 13.9. The molecule has 1 aromatic carbocycles. The first kappa shape index (κ1) is 17.5. The van der Waals surface area contributed by atoms with E-state index >= 15 is 0 Å². The second-order valence-corrected chi connectivity index (χ2v) is 6.02. The van der Waals surface area contributed by atoms with Crippen LogP contribution in [-0.4, -0.2) is 17.0 Å². The number of benzene rings is 1. The van der Waals surface area contributed by atoms with Gasteiger partial charge in [-0.05, 0) is 30.0 Å². The Hall–Kier alpha value is -2.87. The average Bonchev–Trinajstić information content (AvgIpc) is 2.58. The zero-order valence-corrected chi connectivity index (χ0v) is 13.9. The van der Waals surface area contributed by atoms with Gasteiger partial charge in [-0.3, -0.25) is 9.59 Å². The summed E-state index contributed by atoms with van der Waals surface area (Å²) in [4.78, 5) is 25.3. The summed E-state index contributed by atoms with van der Waals surface area (Å²) in [5.74, 6) is -0.0762. The van der Waals surface area contributed by atoms with Crippen LogP contribution in [0.15, 0.2) is 53.5 Å². The normalized spacial score (nSPS) is 11.8. The second-order valence-electron chi connectivity index (χ2n) is 6.02. The van der Waals surface area contributed by atoms with Crippen LogP contribution in [0.2, 0.25) is 0 Å². The van der Waals surface area contributed by atoms with Crippen LogP contribution in [0.3, 0.4) is 0 Å². The molecule has 24 heavy (non-hydrogen) atoms. The minimum atomic E-state index is -0.630. The summed E-state index contributed by atoms with van der Waals surface area (Å²) in [5, 5.41) is 11.2. The van der Waals surface area contributed by atoms with Gasteiger partial charge >= 0.3 is 0 Å². The van der Waals surface area contributed by atoms with E-state index in [0.717, 1.165) is 5.56 Å². The first-order chi connectivity index (χ1) is 11.5. The Morgan fingerprint density at radius 3 is 2.54 bits per heavy atom. The Bertz CT molecular complexity index is 788. The molecule has 124 valence electrons. The summed E-state index contributed by atoms with van der Waals surface area (Å²) >= 11 is 0. The summed E-state index contributed by atoms with van der Waals surface area (Å²) < 4.78 is 1.47. The fourth-order valence-electron chi connectivity index (χ4n) is 2.63. The molecule has 2 rings (SSSR count). The zero-order chi connectivity index (χ0) is 17.5. The molecular formula is C19H21N3O2. The highest BCUT2D eigenvalue weighted by atomic mass is 16.2. The monoisotopic (exact) mass is 323 g/mol. The molecule has 0 spiro atoms. The topological polar surface area (TPSA) is 74.9 Å². The largest absolute Gasteiger partial charge is 0.341 e. The van der Waals surface area contributed by atoms with Gasteiger partial charge in [0.15, 0.2) is 0 Å². The van der Waals surface area contributed by atoms with Crippen LogP contribution < -0.4 is 10.9 Å². The fraction of sp³-hybridized carbons (Fsp3) is 0.316. The maximum atomic E-state index is 12.9. The lowest BCUT2D eigenvalue weighted by Gasteiger charge is -2.21. The minimum absolute atomic E-state index is 0.0689. The van der Waals surface area contributed by atoms with E-state index in [2.05, 4.69) is 5.32 Å². The third-order valence-corrected chi connectivity index (χ3v) is 3.73. The lowest BCUT2D eigenvalue weighted by molar-refractivity contribution is -0.124. The molecule has 0 bridgehead atoms. The summed E-state index contributed by atoms with van der Waals surface area (Å²) in [6.45, 7) is 3.92. The van der Waals surface area contributed by atoms with E-state index in [1.807, 2.05) is 50.2 Å². The number of hydrogen-bond acceptors (Lipinski definition) is 3. The Labute approximate surface area is 141 Å². The number of pyridine rings is 1. The van der Waals surface area contributed by atoms with Crippen LogP contribution in [0.25, 0.3) is 11.1 Å². The van der Waals surface area contributed by atoms with E-state index in [4.69, 9.17) is 5.26 Å². The van der Waals surface area contributed by atoms with Gasteiger partial charge in [0, 0.05) is 11.8 Å². The van der Waals surface area contributed by atoms with Gasteiger partial charge in [-0.25, -0.2) is 0 Å². The molecule has 0 aliphatic heterocycles. The Balaban J connectivity index is 2.45. The number of nitrogens with zero attached hydrogens (tertiary/aromatic N) is 2. The fourth-order valence-corrected chi connectivity index (χ4v) is 2.63. The van der Waals surface area contributed by atoms with Crippen LogP contribution in [-0.2, 0) is 4.79 Å². The number of carbonyl (C=O) groups excluding carboxylic acids is 1. The van der Waals surface area contributed by atoms with Crippen molar-refractivity contribution in [2.75, 3.05) is 6.54 Å².